The van der Waals surface area contributed by atoms with Gasteiger partial charge in [-0.05, 0) is 51.7 Å². The van der Waals surface area contributed by atoms with Crippen molar-refractivity contribution in [1.82, 2.24) is 14.9 Å². The molecule has 2 atom stereocenters. The topological polar surface area (TPSA) is 70.5 Å². The Hall–Kier alpha value is -1.68. The van der Waals surface area contributed by atoms with E-state index in [1.54, 1.807) is 12.4 Å². The number of rotatable bonds is 7. The average Bonchev–Trinajstić information content (AvgIpc) is 3.15. The summed E-state index contributed by atoms with van der Waals surface area (Å²) in [5.74, 6) is 0.751. The molecule has 0 saturated carbocycles. The maximum Gasteiger partial charge on any atom is 0.243 e. The van der Waals surface area contributed by atoms with Gasteiger partial charge in [-0.15, -0.1) is 11.3 Å². The van der Waals surface area contributed by atoms with Gasteiger partial charge in [0.25, 0.3) is 0 Å². The minimum absolute atomic E-state index is 0.0133. The standard InChI is InChI=1S/C23H32F2N4O2S/c1-15-10-23(21-16(4-7-31-23)8-18(32-21)9-19(24)25)5-6-29(15)13-20-26-11-17(12-27-20)28-22(2,3)14-30/h8,11-12,15,19,28,30H,4-7,9-10,13-14H2,1-3H3/t15-,23+/m0/s1. The molecule has 1 fully saturated rings. The SMILES string of the molecule is C[C@H]1C[C@@]2(CCN1Cc1ncc(NC(C)(C)CO)cn1)OCCc1cc(CC(F)F)sc12. The molecular weight excluding hydrogens is 434 g/mol. The Kier molecular flexibility index (Phi) is 6.81. The summed E-state index contributed by atoms with van der Waals surface area (Å²) in [6.07, 6.45) is 3.49. The number of halogens is 2. The molecule has 2 aromatic rings. The second-order valence-corrected chi connectivity index (χ2v) is 10.7. The summed E-state index contributed by atoms with van der Waals surface area (Å²) in [7, 11) is 0. The molecule has 0 aliphatic carbocycles. The summed E-state index contributed by atoms with van der Waals surface area (Å²) >= 11 is 1.51. The number of piperidine rings is 1. The summed E-state index contributed by atoms with van der Waals surface area (Å²) in [6.45, 7) is 8.15. The zero-order valence-electron chi connectivity index (χ0n) is 18.9. The fourth-order valence-electron chi connectivity index (χ4n) is 4.67. The van der Waals surface area contributed by atoms with Crippen LogP contribution in [0.4, 0.5) is 14.5 Å². The number of aliphatic hydroxyl groups is 1. The first kappa shape index (κ1) is 23.5. The normalized spacial score (nSPS) is 24.2. The Morgan fingerprint density at radius 3 is 2.78 bits per heavy atom. The van der Waals surface area contributed by atoms with E-state index in [0.717, 1.165) is 47.1 Å². The van der Waals surface area contributed by atoms with E-state index in [1.807, 2.05) is 19.9 Å². The number of anilines is 1. The van der Waals surface area contributed by atoms with E-state index in [-0.39, 0.29) is 24.7 Å². The van der Waals surface area contributed by atoms with E-state index in [4.69, 9.17) is 4.74 Å². The number of ether oxygens (including phenoxy) is 1. The third-order valence-electron chi connectivity index (χ3n) is 6.36. The summed E-state index contributed by atoms with van der Waals surface area (Å²) in [4.78, 5) is 13.3. The van der Waals surface area contributed by atoms with Crippen LogP contribution in [0.15, 0.2) is 18.5 Å². The first-order valence-corrected chi connectivity index (χ1v) is 12.0. The third-order valence-corrected chi connectivity index (χ3v) is 7.74. The number of alkyl halides is 2. The van der Waals surface area contributed by atoms with Gasteiger partial charge < -0.3 is 15.2 Å². The van der Waals surface area contributed by atoms with E-state index < -0.39 is 12.0 Å². The van der Waals surface area contributed by atoms with E-state index in [0.29, 0.717) is 13.2 Å². The molecule has 0 amide bonds. The molecular formula is C23H32F2N4O2S. The van der Waals surface area contributed by atoms with Gasteiger partial charge in [-0.1, -0.05) is 0 Å². The highest BCUT2D eigenvalue weighted by molar-refractivity contribution is 7.12. The molecule has 0 aromatic carbocycles. The van der Waals surface area contributed by atoms with E-state index in [1.165, 1.54) is 16.9 Å². The lowest BCUT2D eigenvalue weighted by molar-refractivity contribution is -0.110. The zero-order chi connectivity index (χ0) is 22.9. The average molecular weight is 467 g/mol. The van der Waals surface area contributed by atoms with Gasteiger partial charge in [0.2, 0.25) is 6.43 Å². The minimum atomic E-state index is -2.32. The summed E-state index contributed by atoms with van der Waals surface area (Å²) in [5, 5.41) is 12.6. The molecule has 6 nitrogen and oxygen atoms in total. The Morgan fingerprint density at radius 2 is 2.12 bits per heavy atom. The van der Waals surface area contributed by atoms with Crippen molar-refractivity contribution in [2.45, 2.75) is 76.6 Å². The van der Waals surface area contributed by atoms with Gasteiger partial charge >= 0.3 is 0 Å². The lowest BCUT2D eigenvalue weighted by Gasteiger charge is -2.46. The summed E-state index contributed by atoms with van der Waals surface area (Å²) in [5.41, 5.74) is 1.17. The van der Waals surface area contributed by atoms with Crippen molar-refractivity contribution in [2.75, 3.05) is 25.1 Å². The Labute approximate surface area is 192 Å². The van der Waals surface area contributed by atoms with Crippen LogP contribution in [0.5, 0.6) is 0 Å². The van der Waals surface area contributed by atoms with Crippen LogP contribution in [0.1, 0.15) is 54.8 Å². The molecule has 2 aliphatic rings. The van der Waals surface area contributed by atoms with Crippen molar-refractivity contribution in [3.63, 3.8) is 0 Å². The number of likely N-dealkylation sites (tertiary alicyclic amines) is 1. The van der Waals surface area contributed by atoms with Gasteiger partial charge in [0, 0.05) is 28.8 Å². The predicted octanol–water partition coefficient (Wildman–Crippen LogP) is 3.98. The number of nitrogens with zero attached hydrogens (tertiary/aromatic N) is 3. The molecule has 4 rings (SSSR count). The molecule has 0 bridgehead atoms. The van der Waals surface area contributed by atoms with Crippen molar-refractivity contribution in [2.24, 2.45) is 0 Å². The molecule has 176 valence electrons. The molecule has 0 unspecified atom stereocenters. The molecule has 1 spiro atoms. The predicted molar refractivity (Wildman–Crippen MR) is 121 cm³/mol. The van der Waals surface area contributed by atoms with Crippen molar-refractivity contribution in [3.05, 3.63) is 39.6 Å². The molecule has 2 aromatic heterocycles. The Bertz CT molecular complexity index is 921. The number of hydrogen-bond acceptors (Lipinski definition) is 7. The zero-order valence-corrected chi connectivity index (χ0v) is 19.7. The smallest absolute Gasteiger partial charge is 0.243 e. The maximum atomic E-state index is 12.9. The third kappa shape index (κ3) is 5.11. The Morgan fingerprint density at radius 1 is 1.38 bits per heavy atom. The second-order valence-electron chi connectivity index (χ2n) is 9.58. The monoisotopic (exact) mass is 466 g/mol. The van der Waals surface area contributed by atoms with Gasteiger partial charge in [0.15, 0.2) is 0 Å². The van der Waals surface area contributed by atoms with Crippen LogP contribution in [-0.2, 0) is 29.7 Å². The highest BCUT2D eigenvalue weighted by Crippen LogP contribution is 2.47. The molecule has 2 aliphatic heterocycles. The van der Waals surface area contributed by atoms with Crippen LogP contribution in [-0.4, -0.2) is 57.7 Å². The Balaban J connectivity index is 1.42. The van der Waals surface area contributed by atoms with Gasteiger partial charge in [-0.25, -0.2) is 18.7 Å². The molecule has 1 saturated heterocycles. The van der Waals surface area contributed by atoms with Gasteiger partial charge in [0.05, 0.1) is 43.4 Å². The van der Waals surface area contributed by atoms with Crippen molar-refractivity contribution >= 4 is 17.0 Å². The fourth-order valence-corrected chi connectivity index (χ4v) is 6.07. The second kappa shape index (κ2) is 9.29. The molecule has 0 radical (unpaired) electrons. The van der Waals surface area contributed by atoms with E-state index in [9.17, 15) is 13.9 Å². The minimum Gasteiger partial charge on any atom is -0.394 e. The van der Waals surface area contributed by atoms with Crippen molar-refractivity contribution in [1.29, 1.82) is 0 Å². The molecule has 4 heterocycles. The molecule has 2 N–H and O–H groups in total. The van der Waals surface area contributed by atoms with Crippen LogP contribution >= 0.6 is 11.3 Å². The molecule has 32 heavy (non-hydrogen) atoms. The number of nitrogens with one attached hydrogen (secondary N) is 1. The maximum absolute atomic E-state index is 12.9. The van der Waals surface area contributed by atoms with Crippen LogP contribution in [0.2, 0.25) is 0 Å². The summed E-state index contributed by atoms with van der Waals surface area (Å²) in [6, 6.07) is 2.22. The van der Waals surface area contributed by atoms with Gasteiger partial charge in [-0.3, -0.25) is 4.90 Å². The first-order valence-electron chi connectivity index (χ1n) is 11.2. The largest absolute Gasteiger partial charge is 0.394 e. The van der Waals surface area contributed by atoms with E-state index in [2.05, 4.69) is 27.1 Å². The highest BCUT2D eigenvalue weighted by atomic mass is 32.1. The van der Waals surface area contributed by atoms with Crippen LogP contribution in [0.3, 0.4) is 0 Å². The first-order chi connectivity index (χ1) is 15.2. The van der Waals surface area contributed by atoms with E-state index >= 15 is 0 Å². The number of aromatic nitrogens is 2. The van der Waals surface area contributed by atoms with Crippen molar-refractivity contribution < 1.29 is 18.6 Å². The number of aliphatic hydroxyl groups excluding tert-OH is 1. The van der Waals surface area contributed by atoms with Crippen LogP contribution < -0.4 is 5.32 Å². The number of hydrogen-bond donors (Lipinski definition) is 2. The fraction of sp³-hybridized carbons (Fsp3) is 0.652. The molecule has 9 heteroatoms. The quantitative estimate of drug-likeness (QED) is 0.643. The lowest BCUT2D eigenvalue weighted by atomic mass is 9.82. The summed E-state index contributed by atoms with van der Waals surface area (Å²) < 4.78 is 32.1. The highest BCUT2D eigenvalue weighted by Gasteiger charge is 2.45. The van der Waals surface area contributed by atoms with Crippen molar-refractivity contribution in [3.8, 4) is 0 Å². The van der Waals surface area contributed by atoms with Gasteiger partial charge in [-0.2, -0.15) is 0 Å². The van der Waals surface area contributed by atoms with Gasteiger partial charge in [0.1, 0.15) is 11.4 Å². The number of fused-ring (bicyclic) bond motifs is 2. The lowest BCUT2D eigenvalue weighted by Crippen LogP contribution is -2.50. The number of thiophene rings is 1. The van der Waals surface area contributed by atoms with Crippen LogP contribution in [0.25, 0.3) is 0 Å². The van der Waals surface area contributed by atoms with Crippen LogP contribution in [0, 0.1) is 0 Å².